The van der Waals surface area contributed by atoms with Crippen LogP contribution in [0.1, 0.15) is 34.8 Å². The Morgan fingerprint density at radius 2 is 2.19 bits per heavy atom. The van der Waals surface area contributed by atoms with Gasteiger partial charge < -0.3 is 5.32 Å². The monoisotopic (exact) mass is 216 g/mol. The van der Waals surface area contributed by atoms with Crippen molar-refractivity contribution in [1.82, 2.24) is 5.32 Å². The van der Waals surface area contributed by atoms with E-state index in [2.05, 4.69) is 11.4 Å². The van der Waals surface area contributed by atoms with Gasteiger partial charge in [-0.05, 0) is 31.9 Å². The van der Waals surface area contributed by atoms with Crippen LogP contribution in [0.15, 0.2) is 18.2 Å². The molecule has 0 aliphatic carbocycles. The predicted molar refractivity (Wildman–Crippen MR) is 63.1 cm³/mol. The van der Waals surface area contributed by atoms with Crippen molar-refractivity contribution < 1.29 is 4.79 Å². The fraction of sp³-hybridized carbons (Fsp3) is 0.385. The minimum absolute atomic E-state index is 0.175. The molecule has 0 radical (unpaired) electrons. The Morgan fingerprint density at radius 3 is 2.69 bits per heavy atom. The quantitative estimate of drug-likeness (QED) is 0.843. The van der Waals surface area contributed by atoms with Crippen molar-refractivity contribution >= 4 is 5.91 Å². The number of benzene rings is 1. The molecule has 3 heteroatoms. The summed E-state index contributed by atoms with van der Waals surface area (Å²) in [4.78, 5) is 11.8. The number of hydrogen-bond donors (Lipinski definition) is 1. The van der Waals surface area contributed by atoms with Gasteiger partial charge in [0.25, 0.3) is 5.91 Å². The van der Waals surface area contributed by atoms with E-state index in [9.17, 15) is 4.79 Å². The summed E-state index contributed by atoms with van der Waals surface area (Å²) in [6.07, 6.45) is 0.618. The molecule has 16 heavy (non-hydrogen) atoms. The molecule has 0 aliphatic rings. The minimum atomic E-state index is -0.409. The molecule has 0 heterocycles. The van der Waals surface area contributed by atoms with Crippen LogP contribution in [0.2, 0.25) is 0 Å². The van der Waals surface area contributed by atoms with E-state index in [1.807, 2.05) is 32.9 Å². The Hall–Kier alpha value is -1.82. The van der Waals surface area contributed by atoms with Crippen molar-refractivity contribution in [2.75, 3.05) is 0 Å². The number of amides is 1. The van der Waals surface area contributed by atoms with Gasteiger partial charge in [0.05, 0.1) is 6.07 Å². The van der Waals surface area contributed by atoms with Crippen LogP contribution in [0.25, 0.3) is 0 Å². The first-order valence-electron chi connectivity index (χ1n) is 5.36. The first kappa shape index (κ1) is 12.3. The standard InChI is InChI=1S/C13H16N2O/c1-4-11(8-14)15-13(16)12-6-5-9(2)7-10(12)3/h5-7,11H,4H2,1-3H3,(H,15,16). The highest BCUT2D eigenvalue weighted by atomic mass is 16.1. The summed E-state index contributed by atoms with van der Waals surface area (Å²) in [7, 11) is 0. The summed E-state index contributed by atoms with van der Waals surface area (Å²) in [5.74, 6) is -0.175. The Labute approximate surface area is 96.1 Å². The third-order valence-corrected chi connectivity index (χ3v) is 2.50. The second-order valence-electron chi connectivity index (χ2n) is 3.88. The van der Waals surface area contributed by atoms with Crippen LogP contribution in [-0.2, 0) is 0 Å². The van der Waals surface area contributed by atoms with E-state index in [0.29, 0.717) is 12.0 Å². The molecule has 0 saturated carbocycles. The topological polar surface area (TPSA) is 52.9 Å². The SMILES string of the molecule is CCC(C#N)NC(=O)c1ccc(C)cc1C. The number of carbonyl (C=O) groups is 1. The molecule has 0 saturated heterocycles. The van der Waals surface area contributed by atoms with Crippen LogP contribution in [0.3, 0.4) is 0 Å². The van der Waals surface area contributed by atoms with Crippen molar-refractivity contribution in [3.63, 3.8) is 0 Å². The van der Waals surface area contributed by atoms with Crippen molar-refractivity contribution in [2.45, 2.75) is 33.2 Å². The zero-order valence-corrected chi connectivity index (χ0v) is 9.87. The molecule has 1 atom stereocenters. The smallest absolute Gasteiger partial charge is 0.252 e. The van der Waals surface area contributed by atoms with E-state index in [1.165, 1.54) is 0 Å². The van der Waals surface area contributed by atoms with Crippen molar-refractivity contribution in [3.8, 4) is 6.07 Å². The lowest BCUT2D eigenvalue weighted by Crippen LogP contribution is -2.33. The molecule has 1 aromatic rings. The number of nitrogens with one attached hydrogen (secondary N) is 1. The normalized spacial score (nSPS) is 11.6. The fourth-order valence-corrected chi connectivity index (χ4v) is 1.53. The first-order valence-corrected chi connectivity index (χ1v) is 5.36. The lowest BCUT2D eigenvalue weighted by Gasteiger charge is -2.11. The zero-order valence-electron chi connectivity index (χ0n) is 9.87. The Kier molecular flexibility index (Phi) is 4.07. The van der Waals surface area contributed by atoms with Gasteiger partial charge in [-0.2, -0.15) is 5.26 Å². The van der Waals surface area contributed by atoms with Crippen LogP contribution < -0.4 is 5.32 Å². The fourth-order valence-electron chi connectivity index (χ4n) is 1.53. The van der Waals surface area contributed by atoms with Gasteiger partial charge in [-0.3, -0.25) is 4.79 Å². The lowest BCUT2D eigenvalue weighted by atomic mass is 10.0. The number of nitrogens with zero attached hydrogens (tertiary/aromatic N) is 1. The van der Waals surface area contributed by atoms with E-state index in [-0.39, 0.29) is 5.91 Å². The van der Waals surface area contributed by atoms with Gasteiger partial charge in [0.2, 0.25) is 0 Å². The molecule has 0 aliphatic heterocycles. The molecule has 1 rings (SSSR count). The Morgan fingerprint density at radius 1 is 1.50 bits per heavy atom. The third-order valence-electron chi connectivity index (χ3n) is 2.50. The number of carbonyl (C=O) groups excluding carboxylic acids is 1. The Bertz CT molecular complexity index is 432. The maximum Gasteiger partial charge on any atom is 0.252 e. The van der Waals surface area contributed by atoms with Crippen LogP contribution in [0.4, 0.5) is 0 Å². The van der Waals surface area contributed by atoms with Gasteiger partial charge in [0.1, 0.15) is 6.04 Å². The van der Waals surface area contributed by atoms with Gasteiger partial charge >= 0.3 is 0 Å². The van der Waals surface area contributed by atoms with Gasteiger partial charge in [-0.1, -0.05) is 24.6 Å². The van der Waals surface area contributed by atoms with Crippen LogP contribution >= 0.6 is 0 Å². The lowest BCUT2D eigenvalue weighted by molar-refractivity contribution is 0.0944. The number of rotatable bonds is 3. The van der Waals surface area contributed by atoms with Crippen LogP contribution in [0, 0.1) is 25.2 Å². The summed E-state index contributed by atoms with van der Waals surface area (Å²) in [6.45, 7) is 5.75. The largest absolute Gasteiger partial charge is 0.336 e. The number of nitriles is 1. The summed E-state index contributed by atoms with van der Waals surface area (Å²) in [6, 6.07) is 7.30. The van der Waals surface area contributed by atoms with Gasteiger partial charge in [0, 0.05) is 5.56 Å². The number of hydrogen-bond acceptors (Lipinski definition) is 2. The molecule has 0 fully saturated rings. The van der Waals surface area contributed by atoms with Gasteiger partial charge in [0.15, 0.2) is 0 Å². The van der Waals surface area contributed by atoms with E-state index < -0.39 is 6.04 Å². The molecule has 1 aromatic carbocycles. The molecule has 0 aromatic heterocycles. The maximum absolute atomic E-state index is 11.8. The zero-order chi connectivity index (χ0) is 12.1. The number of aryl methyl sites for hydroxylation is 2. The second-order valence-corrected chi connectivity index (χ2v) is 3.88. The highest BCUT2D eigenvalue weighted by Crippen LogP contribution is 2.10. The van der Waals surface area contributed by atoms with Gasteiger partial charge in [-0.15, -0.1) is 0 Å². The average Bonchev–Trinajstić information content (AvgIpc) is 2.25. The van der Waals surface area contributed by atoms with E-state index >= 15 is 0 Å². The Balaban J connectivity index is 2.85. The average molecular weight is 216 g/mol. The van der Waals surface area contributed by atoms with Crippen molar-refractivity contribution in [3.05, 3.63) is 34.9 Å². The maximum atomic E-state index is 11.8. The summed E-state index contributed by atoms with van der Waals surface area (Å²) < 4.78 is 0. The molecule has 1 unspecified atom stereocenters. The highest BCUT2D eigenvalue weighted by molar-refractivity contribution is 5.96. The molecule has 1 N–H and O–H groups in total. The van der Waals surface area contributed by atoms with Gasteiger partial charge in [-0.25, -0.2) is 0 Å². The minimum Gasteiger partial charge on any atom is -0.336 e. The van der Waals surface area contributed by atoms with E-state index in [0.717, 1.165) is 11.1 Å². The van der Waals surface area contributed by atoms with E-state index in [1.54, 1.807) is 6.07 Å². The molecule has 3 nitrogen and oxygen atoms in total. The molecule has 84 valence electrons. The van der Waals surface area contributed by atoms with Crippen LogP contribution in [0.5, 0.6) is 0 Å². The van der Waals surface area contributed by atoms with Crippen LogP contribution in [-0.4, -0.2) is 11.9 Å². The summed E-state index contributed by atoms with van der Waals surface area (Å²) in [5.41, 5.74) is 2.70. The van der Waals surface area contributed by atoms with E-state index in [4.69, 9.17) is 5.26 Å². The molecule has 0 bridgehead atoms. The molecule has 0 spiro atoms. The third kappa shape index (κ3) is 2.83. The van der Waals surface area contributed by atoms with Crippen molar-refractivity contribution in [2.24, 2.45) is 0 Å². The first-order chi connectivity index (χ1) is 7.58. The summed E-state index contributed by atoms with van der Waals surface area (Å²) >= 11 is 0. The van der Waals surface area contributed by atoms with Crippen molar-refractivity contribution in [1.29, 1.82) is 5.26 Å². The highest BCUT2D eigenvalue weighted by Gasteiger charge is 2.12. The second kappa shape index (κ2) is 5.32. The molecular formula is C13H16N2O. The molecule has 1 amide bonds. The molecular weight excluding hydrogens is 200 g/mol. The predicted octanol–water partition coefficient (Wildman–Crippen LogP) is 2.34. The summed E-state index contributed by atoms with van der Waals surface area (Å²) in [5, 5.41) is 11.5.